The summed E-state index contributed by atoms with van der Waals surface area (Å²) in [4.78, 5) is 17.6. The third-order valence-corrected chi connectivity index (χ3v) is 9.80. The highest BCUT2D eigenvalue weighted by Crippen LogP contribution is 2.39. The second-order valence-electron chi connectivity index (χ2n) is 12.7. The number of carbonyl (C=O) groups is 1. The molecule has 1 saturated carbocycles. The zero-order chi connectivity index (χ0) is 26.3. The van der Waals surface area contributed by atoms with Crippen LogP contribution in [0, 0.1) is 23.7 Å². The molecular formula is C34H48N2O2. The first-order valence-electron chi connectivity index (χ1n) is 15.3. The standard InChI is InChI=1S/C34H48N2O2/c1-26(21-27-11-5-2-6-12-27)22-28-17-19-35(20-18-28)23-31-24-36(25-32(31)29-13-7-3-8-14-29)33(34(37)38)30-15-9-4-10-16-30/h2-3,5-8,11-14,26,28,30-33H,4,9-10,15-25H2,1H3,(H,37,38)/t26-,31+,32-,33-/m1/s1. The molecule has 2 aliphatic heterocycles. The summed E-state index contributed by atoms with van der Waals surface area (Å²) in [6.07, 6.45) is 10.9. The van der Waals surface area contributed by atoms with Gasteiger partial charge < -0.3 is 10.0 Å². The van der Waals surface area contributed by atoms with E-state index in [-0.39, 0.29) is 6.04 Å². The normalized spacial score (nSPS) is 25.8. The average Bonchev–Trinajstić information content (AvgIpc) is 3.34. The molecule has 1 aliphatic carbocycles. The van der Waals surface area contributed by atoms with E-state index in [1.54, 1.807) is 0 Å². The lowest BCUT2D eigenvalue weighted by Gasteiger charge is -2.36. The molecule has 0 radical (unpaired) electrons. The summed E-state index contributed by atoms with van der Waals surface area (Å²) in [6.45, 7) is 7.69. The summed E-state index contributed by atoms with van der Waals surface area (Å²) >= 11 is 0. The van der Waals surface area contributed by atoms with Gasteiger partial charge in [-0.15, -0.1) is 0 Å². The third kappa shape index (κ3) is 7.07. The highest BCUT2D eigenvalue weighted by molar-refractivity contribution is 5.74. The number of hydrogen-bond donors (Lipinski definition) is 1. The number of hydrogen-bond acceptors (Lipinski definition) is 3. The maximum Gasteiger partial charge on any atom is 0.321 e. The number of aliphatic carboxylic acids is 1. The summed E-state index contributed by atoms with van der Waals surface area (Å²) in [6, 6.07) is 21.5. The van der Waals surface area contributed by atoms with E-state index in [2.05, 4.69) is 77.4 Å². The summed E-state index contributed by atoms with van der Waals surface area (Å²) in [7, 11) is 0. The number of carboxylic acids is 1. The number of likely N-dealkylation sites (tertiary alicyclic amines) is 2. The molecule has 3 aliphatic rings. The Kier molecular flexibility index (Phi) is 9.56. The van der Waals surface area contributed by atoms with E-state index in [0.29, 0.717) is 17.8 Å². The monoisotopic (exact) mass is 516 g/mol. The second kappa shape index (κ2) is 13.3. The van der Waals surface area contributed by atoms with Crippen molar-refractivity contribution in [3.8, 4) is 0 Å². The summed E-state index contributed by atoms with van der Waals surface area (Å²) < 4.78 is 0. The molecule has 2 aromatic carbocycles. The van der Waals surface area contributed by atoms with Gasteiger partial charge in [-0.3, -0.25) is 9.69 Å². The van der Waals surface area contributed by atoms with Crippen molar-refractivity contribution in [3.05, 3.63) is 71.8 Å². The number of piperidine rings is 1. The topological polar surface area (TPSA) is 43.8 Å². The fourth-order valence-corrected chi connectivity index (χ4v) is 7.91. The zero-order valence-corrected chi connectivity index (χ0v) is 23.4. The van der Waals surface area contributed by atoms with Crippen molar-refractivity contribution >= 4 is 5.97 Å². The minimum absolute atomic E-state index is 0.310. The van der Waals surface area contributed by atoms with Gasteiger partial charge in [0.25, 0.3) is 0 Å². The average molecular weight is 517 g/mol. The zero-order valence-electron chi connectivity index (χ0n) is 23.4. The van der Waals surface area contributed by atoms with E-state index >= 15 is 0 Å². The van der Waals surface area contributed by atoms with Crippen LogP contribution in [0.25, 0.3) is 0 Å². The molecule has 4 nitrogen and oxygen atoms in total. The summed E-state index contributed by atoms with van der Waals surface area (Å²) in [5.41, 5.74) is 2.85. The van der Waals surface area contributed by atoms with Gasteiger partial charge in [-0.05, 0) is 86.4 Å². The van der Waals surface area contributed by atoms with E-state index < -0.39 is 5.97 Å². The van der Waals surface area contributed by atoms with Crippen molar-refractivity contribution in [2.75, 3.05) is 32.7 Å². The largest absolute Gasteiger partial charge is 0.480 e. The van der Waals surface area contributed by atoms with Gasteiger partial charge >= 0.3 is 5.97 Å². The lowest BCUT2D eigenvalue weighted by Crippen LogP contribution is -2.46. The first-order chi connectivity index (χ1) is 18.6. The minimum atomic E-state index is -0.602. The third-order valence-electron chi connectivity index (χ3n) is 9.80. The van der Waals surface area contributed by atoms with Crippen LogP contribution in [0.3, 0.4) is 0 Å². The van der Waals surface area contributed by atoms with E-state index in [0.717, 1.165) is 44.3 Å². The molecule has 2 saturated heterocycles. The van der Waals surface area contributed by atoms with E-state index in [4.69, 9.17) is 0 Å². The van der Waals surface area contributed by atoms with Crippen molar-refractivity contribution in [1.29, 1.82) is 0 Å². The van der Waals surface area contributed by atoms with Crippen LogP contribution >= 0.6 is 0 Å². The first-order valence-corrected chi connectivity index (χ1v) is 15.3. The highest BCUT2D eigenvalue weighted by Gasteiger charge is 2.43. The quantitative estimate of drug-likeness (QED) is 0.381. The predicted molar refractivity (Wildman–Crippen MR) is 155 cm³/mol. The fraction of sp³-hybridized carbons (Fsp3) is 0.618. The van der Waals surface area contributed by atoms with Gasteiger partial charge in [-0.2, -0.15) is 0 Å². The molecule has 5 rings (SSSR count). The van der Waals surface area contributed by atoms with Crippen molar-refractivity contribution in [2.45, 2.75) is 76.7 Å². The van der Waals surface area contributed by atoms with Crippen LogP contribution in [-0.4, -0.2) is 59.6 Å². The van der Waals surface area contributed by atoms with Gasteiger partial charge in [0.2, 0.25) is 0 Å². The molecule has 0 spiro atoms. The van der Waals surface area contributed by atoms with Crippen LogP contribution in [-0.2, 0) is 11.2 Å². The highest BCUT2D eigenvalue weighted by atomic mass is 16.4. The molecule has 1 N–H and O–H groups in total. The molecule has 4 atom stereocenters. The molecular weight excluding hydrogens is 468 g/mol. The lowest BCUT2D eigenvalue weighted by atomic mass is 9.83. The Labute approximate surface area is 230 Å². The Morgan fingerprint density at radius 1 is 0.895 bits per heavy atom. The Morgan fingerprint density at radius 3 is 2.21 bits per heavy atom. The van der Waals surface area contributed by atoms with Crippen LogP contribution < -0.4 is 0 Å². The Balaban J connectivity index is 1.19. The Hall–Kier alpha value is -2.17. The fourth-order valence-electron chi connectivity index (χ4n) is 7.91. The van der Waals surface area contributed by atoms with E-state index in [1.807, 2.05) is 0 Å². The van der Waals surface area contributed by atoms with E-state index in [1.165, 1.54) is 69.2 Å². The smallest absolute Gasteiger partial charge is 0.321 e. The first kappa shape index (κ1) is 27.4. The molecule has 0 unspecified atom stereocenters. The Morgan fingerprint density at radius 2 is 1.55 bits per heavy atom. The molecule has 2 aromatic rings. The minimum Gasteiger partial charge on any atom is -0.480 e. The van der Waals surface area contributed by atoms with Gasteiger partial charge in [0, 0.05) is 25.6 Å². The molecule has 3 fully saturated rings. The van der Waals surface area contributed by atoms with Crippen LogP contribution in [0.15, 0.2) is 60.7 Å². The molecule has 38 heavy (non-hydrogen) atoms. The second-order valence-corrected chi connectivity index (χ2v) is 12.7. The van der Waals surface area contributed by atoms with Crippen LogP contribution in [0.4, 0.5) is 0 Å². The lowest BCUT2D eigenvalue weighted by molar-refractivity contribution is -0.145. The molecule has 0 amide bonds. The molecule has 2 heterocycles. The van der Waals surface area contributed by atoms with Gasteiger partial charge in [0.1, 0.15) is 6.04 Å². The maximum absolute atomic E-state index is 12.5. The number of rotatable bonds is 10. The number of benzene rings is 2. The van der Waals surface area contributed by atoms with Crippen molar-refractivity contribution in [2.24, 2.45) is 23.7 Å². The molecule has 206 valence electrons. The maximum atomic E-state index is 12.5. The van der Waals surface area contributed by atoms with E-state index in [9.17, 15) is 9.90 Å². The van der Waals surface area contributed by atoms with Crippen molar-refractivity contribution in [1.82, 2.24) is 9.80 Å². The molecule has 0 aromatic heterocycles. The van der Waals surface area contributed by atoms with Gasteiger partial charge in [-0.25, -0.2) is 0 Å². The van der Waals surface area contributed by atoms with Crippen LogP contribution in [0.2, 0.25) is 0 Å². The molecule has 4 heteroatoms. The van der Waals surface area contributed by atoms with Crippen molar-refractivity contribution in [3.63, 3.8) is 0 Å². The summed E-state index contributed by atoms with van der Waals surface area (Å²) in [5.74, 6) is 2.19. The number of carboxylic acid groups (broad SMARTS) is 1. The molecule has 0 bridgehead atoms. The van der Waals surface area contributed by atoms with Gasteiger partial charge in [0.05, 0.1) is 0 Å². The van der Waals surface area contributed by atoms with Crippen molar-refractivity contribution < 1.29 is 9.90 Å². The van der Waals surface area contributed by atoms with Crippen LogP contribution in [0.1, 0.15) is 75.3 Å². The van der Waals surface area contributed by atoms with Gasteiger partial charge in [0.15, 0.2) is 0 Å². The van der Waals surface area contributed by atoms with Gasteiger partial charge in [-0.1, -0.05) is 86.8 Å². The SMILES string of the molecule is C[C@H](Cc1ccccc1)CC1CCN(C[C@H]2CN([C@@H](C(=O)O)C3CCCCC3)C[C@@H]2c2ccccc2)CC1. The Bertz CT molecular complexity index is 982. The summed E-state index contributed by atoms with van der Waals surface area (Å²) in [5, 5.41) is 10.3. The number of nitrogens with zero attached hydrogens (tertiary/aromatic N) is 2. The van der Waals surface area contributed by atoms with Crippen LogP contribution in [0.5, 0.6) is 0 Å². The predicted octanol–water partition coefficient (Wildman–Crippen LogP) is 6.72.